The molecule has 0 aromatic heterocycles. The van der Waals surface area contributed by atoms with Gasteiger partial charge in [-0.2, -0.15) is 0 Å². The van der Waals surface area contributed by atoms with Gasteiger partial charge in [-0.1, -0.05) is 0 Å². The van der Waals surface area contributed by atoms with E-state index in [0.717, 1.165) is 6.04 Å². The van der Waals surface area contributed by atoms with Crippen molar-refractivity contribution in [3.63, 3.8) is 0 Å². The summed E-state index contributed by atoms with van der Waals surface area (Å²) < 4.78 is 0. The van der Waals surface area contributed by atoms with Crippen LogP contribution in [0.3, 0.4) is 0 Å². The van der Waals surface area contributed by atoms with E-state index in [1.165, 1.54) is 25.9 Å². The van der Waals surface area contributed by atoms with Crippen molar-refractivity contribution in [3.8, 4) is 0 Å². The number of rotatable bonds is 0. The van der Waals surface area contributed by atoms with Crippen LogP contribution in [0.2, 0.25) is 0 Å². The fraction of sp³-hybridized carbons (Fsp3) is 1.00. The smallest absolute Gasteiger partial charge is 0.134 e. The number of hydrogen-bond donors (Lipinski definition) is 2. The highest BCUT2D eigenvalue weighted by atomic mass is 14.9. The Bertz CT molecular complexity index is 48.0. The van der Waals surface area contributed by atoms with Crippen LogP contribution in [0, 0.1) is 0 Å². The lowest BCUT2D eigenvalue weighted by molar-refractivity contribution is -0.692. The van der Waals surface area contributed by atoms with Crippen LogP contribution in [-0.4, -0.2) is 19.1 Å². The summed E-state index contributed by atoms with van der Waals surface area (Å²) in [7, 11) is 0. The van der Waals surface area contributed by atoms with Gasteiger partial charge in [-0.05, 0) is 0 Å². The van der Waals surface area contributed by atoms with E-state index in [1.807, 2.05) is 0 Å². The molecule has 0 radical (unpaired) electrons. The molecule has 1 heterocycles. The van der Waals surface area contributed by atoms with Gasteiger partial charge in [0.2, 0.25) is 0 Å². The molecule has 2 heteroatoms. The molecule has 0 amide bonds. The van der Waals surface area contributed by atoms with Crippen molar-refractivity contribution in [1.82, 2.24) is 0 Å². The van der Waals surface area contributed by atoms with Crippen LogP contribution in [-0.2, 0) is 0 Å². The highest BCUT2D eigenvalue weighted by Crippen LogP contribution is 1.89. The van der Waals surface area contributed by atoms with Crippen molar-refractivity contribution in [2.45, 2.75) is 18.9 Å². The Morgan fingerprint density at radius 3 is 2.71 bits per heavy atom. The molecule has 1 aliphatic heterocycles. The minimum atomic E-state index is 0.730. The lowest BCUT2D eigenvalue weighted by Gasteiger charge is -2.11. The van der Waals surface area contributed by atoms with Crippen LogP contribution >= 0.6 is 0 Å². The summed E-state index contributed by atoms with van der Waals surface area (Å²) in [4.78, 5) is 0. The zero-order chi connectivity index (χ0) is 5.11. The maximum atomic E-state index is 3.97. The lowest BCUT2D eigenvalue weighted by atomic mass is 10.1. The number of nitrogens with two attached hydrogens (primary N) is 1. The third-order valence-corrected chi connectivity index (χ3v) is 1.52. The summed E-state index contributed by atoms with van der Waals surface area (Å²) in [6.45, 7) is 2.58. The Morgan fingerprint density at radius 1 is 1.57 bits per heavy atom. The third kappa shape index (κ3) is 1.45. The van der Waals surface area contributed by atoms with Gasteiger partial charge in [0.05, 0.1) is 6.54 Å². The molecule has 0 unspecified atom stereocenters. The van der Waals surface area contributed by atoms with Crippen LogP contribution in [0.5, 0.6) is 0 Å². The van der Waals surface area contributed by atoms with E-state index < -0.39 is 0 Å². The maximum Gasteiger partial charge on any atom is 0.134 e. The zero-order valence-corrected chi connectivity index (χ0v) is 4.69. The number of hydrogen-bond acceptors (Lipinski definition) is 0. The molecule has 7 heavy (non-hydrogen) atoms. The van der Waals surface area contributed by atoms with Gasteiger partial charge in [0, 0.05) is 12.8 Å². The van der Waals surface area contributed by atoms with Crippen molar-refractivity contribution in [3.05, 3.63) is 0 Å². The summed E-state index contributed by atoms with van der Waals surface area (Å²) in [5.74, 6) is 0. The van der Waals surface area contributed by atoms with E-state index in [4.69, 9.17) is 0 Å². The largest absolute Gasteiger partial charge is 0.350 e. The highest BCUT2D eigenvalue weighted by Gasteiger charge is 2.12. The van der Waals surface area contributed by atoms with Crippen LogP contribution in [0.25, 0.3) is 0 Å². The van der Waals surface area contributed by atoms with Gasteiger partial charge in [-0.25, -0.2) is 0 Å². The number of piperidine rings is 1. The topological polar surface area (TPSA) is 44.2 Å². The van der Waals surface area contributed by atoms with E-state index in [2.05, 4.69) is 11.1 Å². The Kier molecular flexibility index (Phi) is 1.65. The summed E-state index contributed by atoms with van der Waals surface area (Å²) in [5.41, 5.74) is 3.97. The van der Waals surface area contributed by atoms with Crippen molar-refractivity contribution in [2.75, 3.05) is 13.1 Å². The monoisotopic (exact) mass is 102 g/mol. The maximum absolute atomic E-state index is 3.97. The first-order valence-electron chi connectivity index (χ1n) is 3.04. The second kappa shape index (κ2) is 2.28. The molecule has 1 aliphatic rings. The molecule has 1 atom stereocenters. The first-order chi connectivity index (χ1) is 3.39. The van der Waals surface area contributed by atoms with Crippen molar-refractivity contribution < 1.29 is 11.1 Å². The van der Waals surface area contributed by atoms with Gasteiger partial charge in [-0.3, -0.25) is 0 Å². The quantitative estimate of drug-likeness (QED) is 0.354. The Hall–Kier alpha value is -0.0800. The summed E-state index contributed by atoms with van der Waals surface area (Å²) >= 11 is 0. The Morgan fingerprint density at radius 2 is 2.43 bits per heavy atom. The van der Waals surface area contributed by atoms with Gasteiger partial charge < -0.3 is 11.1 Å². The van der Waals surface area contributed by atoms with Crippen LogP contribution in [0.4, 0.5) is 0 Å². The second-order valence-corrected chi connectivity index (χ2v) is 2.32. The molecular formula is C5H14N2+2. The Labute approximate surface area is 44.1 Å². The van der Waals surface area contributed by atoms with E-state index in [1.54, 1.807) is 0 Å². The van der Waals surface area contributed by atoms with Crippen LogP contribution < -0.4 is 11.1 Å². The molecule has 0 bridgehead atoms. The average molecular weight is 102 g/mol. The molecular weight excluding hydrogens is 88.1 g/mol. The van der Waals surface area contributed by atoms with Gasteiger partial charge in [-0.15, -0.1) is 0 Å². The average Bonchev–Trinajstić information content (AvgIpc) is 1.69. The first-order valence-corrected chi connectivity index (χ1v) is 3.04. The summed E-state index contributed by atoms with van der Waals surface area (Å²) in [6, 6.07) is 0.730. The molecule has 1 saturated heterocycles. The summed E-state index contributed by atoms with van der Waals surface area (Å²) in [6.07, 6.45) is 2.71. The molecule has 0 aromatic rings. The standard InChI is InChI=1S/C5H12N2/c6-5-2-1-3-7-4-5/h5,7H,1-4,6H2/p+2/t5-/m0/s1. The fourth-order valence-electron chi connectivity index (χ4n) is 1.02. The van der Waals surface area contributed by atoms with Crippen LogP contribution in [0.15, 0.2) is 0 Å². The SMILES string of the molecule is [NH3+][C@H]1CCC[NH2+]C1. The fourth-order valence-corrected chi connectivity index (χ4v) is 1.02. The zero-order valence-electron chi connectivity index (χ0n) is 4.69. The van der Waals surface area contributed by atoms with E-state index in [9.17, 15) is 0 Å². The van der Waals surface area contributed by atoms with Crippen molar-refractivity contribution in [2.24, 2.45) is 0 Å². The summed E-state index contributed by atoms with van der Waals surface area (Å²) in [5, 5.41) is 2.35. The number of quaternary nitrogens is 2. The Balaban J connectivity index is 2.12. The molecule has 1 rings (SSSR count). The molecule has 0 aromatic carbocycles. The highest BCUT2D eigenvalue weighted by molar-refractivity contribution is 4.52. The molecule has 1 fully saturated rings. The third-order valence-electron chi connectivity index (χ3n) is 1.52. The van der Waals surface area contributed by atoms with Gasteiger partial charge in [0.15, 0.2) is 0 Å². The molecule has 0 saturated carbocycles. The molecule has 0 spiro atoms. The van der Waals surface area contributed by atoms with E-state index in [-0.39, 0.29) is 0 Å². The molecule has 42 valence electrons. The predicted octanol–water partition coefficient (Wildman–Crippen LogP) is -2.05. The lowest BCUT2D eigenvalue weighted by Crippen LogP contribution is -2.92. The van der Waals surface area contributed by atoms with E-state index >= 15 is 0 Å². The van der Waals surface area contributed by atoms with Gasteiger partial charge in [0.1, 0.15) is 12.6 Å². The molecule has 2 nitrogen and oxygen atoms in total. The van der Waals surface area contributed by atoms with Gasteiger partial charge in [0.25, 0.3) is 0 Å². The van der Waals surface area contributed by atoms with Crippen LogP contribution in [0.1, 0.15) is 12.8 Å². The molecule has 5 N–H and O–H groups in total. The normalized spacial score (nSPS) is 33.0. The van der Waals surface area contributed by atoms with Crippen molar-refractivity contribution >= 4 is 0 Å². The van der Waals surface area contributed by atoms with Gasteiger partial charge >= 0.3 is 0 Å². The minimum Gasteiger partial charge on any atom is -0.350 e. The van der Waals surface area contributed by atoms with E-state index in [0.29, 0.717) is 0 Å². The minimum absolute atomic E-state index is 0.730. The molecule has 0 aliphatic carbocycles. The first kappa shape index (κ1) is 5.06. The predicted molar refractivity (Wildman–Crippen MR) is 27.6 cm³/mol. The second-order valence-electron chi connectivity index (χ2n) is 2.32. The van der Waals surface area contributed by atoms with Crippen molar-refractivity contribution in [1.29, 1.82) is 0 Å².